The van der Waals surface area contributed by atoms with Crippen molar-refractivity contribution in [3.8, 4) is 0 Å². The van der Waals surface area contributed by atoms with Crippen molar-refractivity contribution in [2.45, 2.75) is 32.4 Å². The van der Waals surface area contributed by atoms with Gasteiger partial charge in [-0.05, 0) is 37.1 Å². The highest BCUT2D eigenvalue weighted by Gasteiger charge is 2.25. The first-order valence-corrected chi connectivity index (χ1v) is 7.34. The molecule has 4 heteroatoms. The molecule has 0 bridgehead atoms. The molecule has 1 aromatic carbocycles. The van der Waals surface area contributed by atoms with Gasteiger partial charge in [-0.3, -0.25) is 4.79 Å². The zero-order valence-corrected chi connectivity index (χ0v) is 12.4. The van der Waals surface area contributed by atoms with Crippen molar-refractivity contribution in [1.82, 2.24) is 10.2 Å². The summed E-state index contributed by atoms with van der Waals surface area (Å²) in [5.74, 6) is 0.629. The topological polar surface area (TPSA) is 58.4 Å². The number of piperidine rings is 1. The normalized spacial score (nSPS) is 23.6. The Morgan fingerprint density at radius 1 is 1.35 bits per heavy atom. The summed E-state index contributed by atoms with van der Waals surface area (Å²) >= 11 is 0. The maximum absolute atomic E-state index is 12.1. The average Bonchev–Trinajstić information content (AvgIpc) is 2.43. The molecule has 20 heavy (non-hydrogen) atoms. The lowest BCUT2D eigenvalue weighted by Crippen LogP contribution is -2.49. The standard InChI is InChI=1S/C16H25N3O/c1-12-11-19(2)8-7-15(12)18-16(20)9-13-3-5-14(10-17)6-4-13/h3-6,12,15H,7-11,17H2,1-2H3,(H,18,20). The SMILES string of the molecule is CC1CN(C)CCC1NC(=O)Cc1ccc(CN)cc1. The molecule has 1 aliphatic heterocycles. The lowest BCUT2D eigenvalue weighted by atomic mass is 9.94. The fourth-order valence-corrected chi connectivity index (χ4v) is 2.80. The summed E-state index contributed by atoms with van der Waals surface area (Å²) in [4.78, 5) is 14.4. The Morgan fingerprint density at radius 2 is 2.00 bits per heavy atom. The second kappa shape index (κ2) is 6.86. The Kier molecular flexibility index (Phi) is 5.15. The first kappa shape index (κ1) is 15.0. The number of nitrogens with one attached hydrogen (secondary N) is 1. The highest BCUT2D eigenvalue weighted by atomic mass is 16.1. The number of likely N-dealkylation sites (tertiary alicyclic amines) is 1. The van der Waals surface area contributed by atoms with Crippen LogP contribution >= 0.6 is 0 Å². The maximum Gasteiger partial charge on any atom is 0.224 e. The summed E-state index contributed by atoms with van der Waals surface area (Å²) in [7, 11) is 2.13. The van der Waals surface area contributed by atoms with Crippen LogP contribution in [0, 0.1) is 5.92 Å². The van der Waals surface area contributed by atoms with E-state index in [-0.39, 0.29) is 5.91 Å². The van der Waals surface area contributed by atoms with Gasteiger partial charge >= 0.3 is 0 Å². The van der Waals surface area contributed by atoms with Crippen molar-refractivity contribution >= 4 is 5.91 Å². The molecule has 2 atom stereocenters. The summed E-state index contributed by atoms with van der Waals surface area (Å²) < 4.78 is 0. The van der Waals surface area contributed by atoms with Gasteiger partial charge in [-0.15, -0.1) is 0 Å². The summed E-state index contributed by atoms with van der Waals surface area (Å²) in [5.41, 5.74) is 7.71. The van der Waals surface area contributed by atoms with Crippen molar-refractivity contribution in [2.24, 2.45) is 11.7 Å². The third-order valence-electron chi connectivity index (χ3n) is 4.08. The van der Waals surface area contributed by atoms with Gasteiger partial charge in [0.05, 0.1) is 6.42 Å². The summed E-state index contributed by atoms with van der Waals surface area (Å²) in [6, 6.07) is 8.25. The van der Waals surface area contributed by atoms with E-state index in [1.54, 1.807) is 0 Å². The quantitative estimate of drug-likeness (QED) is 0.866. The lowest BCUT2D eigenvalue weighted by molar-refractivity contribution is -0.121. The van der Waals surface area contributed by atoms with E-state index in [4.69, 9.17) is 5.73 Å². The number of hydrogen-bond donors (Lipinski definition) is 2. The van der Waals surface area contributed by atoms with E-state index in [9.17, 15) is 4.79 Å². The van der Waals surface area contributed by atoms with Gasteiger partial charge in [0, 0.05) is 19.1 Å². The van der Waals surface area contributed by atoms with Crippen molar-refractivity contribution in [1.29, 1.82) is 0 Å². The Hall–Kier alpha value is -1.39. The second-order valence-corrected chi connectivity index (χ2v) is 5.90. The third kappa shape index (κ3) is 4.05. The molecule has 3 N–H and O–H groups in total. The predicted octanol–water partition coefficient (Wildman–Crippen LogP) is 1.14. The molecule has 0 radical (unpaired) electrons. The van der Waals surface area contributed by atoms with Gasteiger partial charge in [0.1, 0.15) is 0 Å². The van der Waals surface area contributed by atoms with Crippen LogP contribution in [0.3, 0.4) is 0 Å². The van der Waals surface area contributed by atoms with Crippen LogP contribution in [0.1, 0.15) is 24.5 Å². The zero-order valence-electron chi connectivity index (χ0n) is 12.4. The minimum absolute atomic E-state index is 0.118. The molecular weight excluding hydrogens is 250 g/mol. The van der Waals surface area contributed by atoms with Crippen LogP contribution in [0.4, 0.5) is 0 Å². The van der Waals surface area contributed by atoms with E-state index in [0.717, 1.165) is 30.6 Å². The molecule has 0 aliphatic carbocycles. The van der Waals surface area contributed by atoms with Gasteiger partial charge in [-0.2, -0.15) is 0 Å². The van der Waals surface area contributed by atoms with Crippen LogP contribution in [0.25, 0.3) is 0 Å². The summed E-state index contributed by atoms with van der Waals surface area (Å²) in [6.07, 6.45) is 1.49. The number of nitrogens with zero attached hydrogens (tertiary/aromatic N) is 1. The van der Waals surface area contributed by atoms with Crippen LogP contribution in [-0.4, -0.2) is 37.0 Å². The van der Waals surface area contributed by atoms with Gasteiger partial charge in [-0.1, -0.05) is 31.2 Å². The molecule has 1 fully saturated rings. The molecular formula is C16H25N3O. The van der Waals surface area contributed by atoms with Crippen LogP contribution in [0.5, 0.6) is 0 Å². The number of nitrogens with two attached hydrogens (primary N) is 1. The fraction of sp³-hybridized carbons (Fsp3) is 0.562. The van der Waals surface area contributed by atoms with Crippen molar-refractivity contribution < 1.29 is 4.79 Å². The number of benzene rings is 1. The zero-order chi connectivity index (χ0) is 14.5. The Labute approximate surface area is 121 Å². The van der Waals surface area contributed by atoms with Gasteiger partial charge in [0.15, 0.2) is 0 Å². The first-order chi connectivity index (χ1) is 9.58. The summed E-state index contributed by atoms with van der Waals surface area (Å²) in [5, 5.41) is 3.18. The Bertz CT molecular complexity index is 444. The van der Waals surface area contributed by atoms with Crippen molar-refractivity contribution in [2.75, 3.05) is 20.1 Å². The van der Waals surface area contributed by atoms with E-state index in [1.807, 2.05) is 24.3 Å². The molecule has 0 aromatic heterocycles. The Morgan fingerprint density at radius 3 is 2.60 bits per heavy atom. The highest BCUT2D eigenvalue weighted by molar-refractivity contribution is 5.78. The Balaban J connectivity index is 1.85. The second-order valence-electron chi connectivity index (χ2n) is 5.90. The van der Waals surface area contributed by atoms with Gasteiger partial charge in [-0.25, -0.2) is 0 Å². The van der Waals surface area contributed by atoms with Crippen molar-refractivity contribution in [3.05, 3.63) is 35.4 Å². The average molecular weight is 275 g/mol. The molecule has 2 unspecified atom stereocenters. The van der Waals surface area contributed by atoms with E-state index in [2.05, 4.69) is 24.2 Å². The maximum atomic E-state index is 12.1. The van der Waals surface area contributed by atoms with Crippen LogP contribution < -0.4 is 11.1 Å². The van der Waals surface area contributed by atoms with E-state index in [1.165, 1.54) is 0 Å². The number of amides is 1. The minimum Gasteiger partial charge on any atom is -0.353 e. The molecule has 1 aliphatic rings. The molecule has 1 aromatic rings. The van der Waals surface area contributed by atoms with Crippen LogP contribution in [-0.2, 0) is 17.8 Å². The molecule has 1 heterocycles. The molecule has 110 valence electrons. The molecule has 1 amide bonds. The lowest BCUT2D eigenvalue weighted by Gasteiger charge is -2.35. The number of hydrogen-bond acceptors (Lipinski definition) is 3. The van der Waals surface area contributed by atoms with Gasteiger partial charge in [0.25, 0.3) is 0 Å². The number of carbonyl (C=O) groups excluding carboxylic acids is 1. The van der Waals surface area contributed by atoms with Crippen LogP contribution in [0.15, 0.2) is 24.3 Å². The minimum atomic E-state index is 0.118. The third-order valence-corrected chi connectivity index (χ3v) is 4.08. The highest BCUT2D eigenvalue weighted by Crippen LogP contribution is 2.15. The summed E-state index contributed by atoms with van der Waals surface area (Å²) in [6.45, 7) is 4.85. The fourth-order valence-electron chi connectivity index (χ4n) is 2.80. The predicted molar refractivity (Wildman–Crippen MR) is 81.2 cm³/mol. The van der Waals surface area contributed by atoms with Gasteiger partial charge < -0.3 is 16.0 Å². The number of rotatable bonds is 4. The molecule has 0 saturated carbocycles. The smallest absolute Gasteiger partial charge is 0.224 e. The van der Waals surface area contributed by atoms with E-state index in [0.29, 0.717) is 24.9 Å². The van der Waals surface area contributed by atoms with E-state index >= 15 is 0 Å². The van der Waals surface area contributed by atoms with Gasteiger partial charge in [0.2, 0.25) is 5.91 Å². The molecule has 2 rings (SSSR count). The van der Waals surface area contributed by atoms with Crippen LogP contribution in [0.2, 0.25) is 0 Å². The molecule has 0 spiro atoms. The largest absolute Gasteiger partial charge is 0.353 e. The monoisotopic (exact) mass is 275 g/mol. The van der Waals surface area contributed by atoms with E-state index < -0.39 is 0 Å². The first-order valence-electron chi connectivity index (χ1n) is 7.34. The van der Waals surface area contributed by atoms with Crippen molar-refractivity contribution in [3.63, 3.8) is 0 Å². The number of carbonyl (C=O) groups is 1. The molecule has 4 nitrogen and oxygen atoms in total. The molecule has 1 saturated heterocycles.